The van der Waals surface area contributed by atoms with Gasteiger partial charge in [-0.15, -0.1) is 0 Å². The Morgan fingerprint density at radius 3 is 1.92 bits per heavy atom. The molecule has 0 radical (unpaired) electrons. The molecule has 0 aromatic rings. The van der Waals surface area contributed by atoms with Gasteiger partial charge in [-0.1, -0.05) is 0 Å². The van der Waals surface area contributed by atoms with Gasteiger partial charge in [0.05, 0.1) is 0 Å². The topological polar surface area (TPSA) is 17.1 Å². The maximum absolute atomic E-state index is 12.4. The molecule has 1 aliphatic carbocycles. The van der Waals surface area contributed by atoms with Gasteiger partial charge in [0.15, 0.2) is 0 Å². The Bertz CT molecular complexity index is 406. The fraction of sp³-hybridized carbons (Fsp3) is 0.870. The van der Waals surface area contributed by atoms with E-state index in [2.05, 4.69) is 51.7 Å². The summed E-state index contributed by atoms with van der Waals surface area (Å²) in [7, 11) is 0. The van der Waals surface area contributed by atoms with E-state index >= 15 is 0 Å². The van der Waals surface area contributed by atoms with Crippen LogP contribution < -0.4 is 0 Å². The van der Waals surface area contributed by atoms with E-state index in [9.17, 15) is 4.79 Å². The fourth-order valence-corrected chi connectivity index (χ4v) is 19.2. The fourth-order valence-electron chi connectivity index (χ4n) is 4.54. The van der Waals surface area contributed by atoms with Crippen LogP contribution >= 0.6 is 0 Å². The summed E-state index contributed by atoms with van der Waals surface area (Å²) in [6.07, 6.45) is 12.7. The van der Waals surface area contributed by atoms with Crippen LogP contribution in [0.5, 0.6) is 0 Å². The average molecular weight is 455 g/mol. The first-order valence-electron chi connectivity index (χ1n) is 11.1. The molecule has 1 fully saturated rings. The number of unbranched alkanes of at least 4 members (excludes halogenated alkanes) is 3. The summed E-state index contributed by atoms with van der Waals surface area (Å²) in [4.78, 5) is 12.4. The van der Waals surface area contributed by atoms with Crippen molar-refractivity contribution >= 4 is 24.2 Å². The molecule has 0 bridgehead atoms. The minimum absolute atomic E-state index is 0.0855. The number of carbonyl (C=O) groups is 1. The summed E-state index contributed by atoms with van der Waals surface area (Å²) in [5, 5.41) is 0. The Balaban J connectivity index is 3.09. The first kappa shape index (κ1) is 23.2. The molecule has 1 aliphatic rings. The average Bonchev–Trinajstić information content (AvgIpc) is 2.62. The molecule has 1 saturated carbocycles. The molecule has 3 atom stereocenters. The number of rotatable bonds is 11. The predicted octanol–water partition coefficient (Wildman–Crippen LogP) is 7.57. The van der Waals surface area contributed by atoms with Crippen LogP contribution in [0.15, 0.2) is 10.2 Å². The van der Waals surface area contributed by atoms with Crippen LogP contribution in [0, 0.1) is 17.3 Å². The Kier molecular flexibility index (Phi) is 10.4. The van der Waals surface area contributed by atoms with Crippen molar-refractivity contribution in [1.82, 2.24) is 0 Å². The number of allylic oxidation sites excluding steroid dienone is 1. The van der Waals surface area contributed by atoms with E-state index < -0.39 is 18.4 Å². The van der Waals surface area contributed by atoms with Crippen molar-refractivity contribution in [2.75, 3.05) is 0 Å². The number of carbonyl (C=O) groups excluding carboxylic acids is 1. The van der Waals surface area contributed by atoms with Crippen molar-refractivity contribution in [3.63, 3.8) is 0 Å². The van der Waals surface area contributed by atoms with Gasteiger partial charge in [-0.25, -0.2) is 0 Å². The molecule has 0 amide bonds. The van der Waals surface area contributed by atoms with Crippen LogP contribution in [0.4, 0.5) is 0 Å². The van der Waals surface area contributed by atoms with E-state index in [0.29, 0.717) is 11.7 Å². The summed E-state index contributed by atoms with van der Waals surface area (Å²) in [5.41, 5.74) is 0.0855. The van der Waals surface area contributed by atoms with E-state index in [-0.39, 0.29) is 11.3 Å². The van der Waals surface area contributed by atoms with Gasteiger partial charge in [-0.05, 0) is 0 Å². The van der Waals surface area contributed by atoms with Crippen molar-refractivity contribution in [2.45, 2.75) is 106 Å². The third-order valence-electron chi connectivity index (χ3n) is 7.18. The zero-order valence-electron chi connectivity index (χ0n) is 18.0. The molecule has 0 aromatic carbocycles. The van der Waals surface area contributed by atoms with Crippen molar-refractivity contribution in [1.29, 1.82) is 0 Å². The van der Waals surface area contributed by atoms with Crippen molar-refractivity contribution in [2.24, 2.45) is 17.3 Å². The number of hydrogen-bond acceptors (Lipinski definition) is 1. The third-order valence-corrected chi connectivity index (χ3v) is 21.2. The summed E-state index contributed by atoms with van der Waals surface area (Å²) in [6, 6.07) is 0. The second-order valence-electron chi connectivity index (χ2n) is 9.00. The Labute approximate surface area is 162 Å². The molecule has 0 heterocycles. The molecule has 25 heavy (non-hydrogen) atoms. The van der Waals surface area contributed by atoms with Gasteiger partial charge in [-0.3, -0.25) is 0 Å². The van der Waals surface area contributed by atoms with Gasteiger partial charge in [0.25, 0.3) is 0 Å². The minimum atomic E-state index is -2.24. The zero-order valence-corrected chi connectivity index (χ0v) is 20.8. The molecular weight excluding hydrogens is 411 g/mol. The molecule has 1 rings (SSSR count). The van der Waals surface area contributed by atoms with Gasteiger partial charge in [0, 0.05) is 0 Å². The van der Waals surface area contributed by atoms with E-state index in [1.54, 1.807) is 0 Å². The van der Waals surface area contributed by atoms with Gasteiger partial charge < -0.3 is 0 Å². The Morgan fingerprint density at radius 1 is 1.00 bits per heavy atom. The molecule has 0 aliphatic heterocycles. The molecular formula is C23H44OSn. The summed E-state index contributed by atoms with van der Waals surface area (Å²) in [5.74, 6) is 1.31. The van der Waals surface area contributed by atoms with Crippen LogP contribution in [-0.2, 0) is 4.79 Å². The molecule has 1 unspecified atom stereocenters. The first-order valence-corrected chi connectivity index (χ1v) is 18.8. The number of Topliss-reactive ketones (excluding diaryl/α,β-unsaturated/α-hetero) is 1. The Hall–Kier alpha value is 0.209. The van der Waals surface area contributed by atoms with Crippen LogP contribution in [-0.4, -0.2) is 24.2 Å². The van der Waals surface area contributed by atoms with Gasteiger partial charge in [0.2, 0.25) is 0 Å². The van der Waals surface area contributed by atoms with E-state index in [1.165, 1.54) is 51.8 Å². The standard InChI is InChI=1S/C11H17O.3C4H9.Sn/c1-5-11(4)8(2)6-7-10(12)9(11)3;3*1-3-4-2;/h1,5,8-9H,6-7H2,2-4H3;3*1,3-4H2,2H3;/t8-,9?,11+;;;;/m1..../s1. The molecule has 0 N–H and O–H groups in total. The first-order chi connectivity index (χ1) is 11.8. The van der Waals surface area contributed by atoms with Crippen LogP contribution in [0.3, 0.4) is 0 Å². The molecule has 0 saturated heterocycles. The van der Waals surface area contributed by atoms with Crippen LogP contribution in [0.25, 0.3) is 0 Å². The Morgan fingerprint density at radius 2 is 1.48 bits per heavy atom. The van der Waals surface area contributed by atoms with Crippen molar-refractivity contribution in [3.8, 4) is 0 Å². The van der Waals surface area contributed by atoms with Crippen LogP contribution in [0.2, 0.25) is 13.3 Å². The number of hydrogen-bond donors (Lipinski definition) is 0. The SMILES string of the molecule is CCC[CH2][Sn](/[CH]=C/[C@]1(C)C(C)C(=O)CC[C@H]1C)([CH2]CCC)[CH2]CCC. The normalized spacial score (nSPS) is 28.0. The monoisotopic (exact) mass is 456 g/mol. The van der Waals surface area contributed by atoms with Crippen molar-refractivity contribution < 1.29 is 4.79 Å². The second kappa shape index (κ2) is 11.1. The van der Waals surface area contributed by atoms with Gasteiger partial charge in [0.1, 0.15) is 0 Å². The molecule has 0 spiro atoms. The second-order valence-corrected chi connectivity index (χ2v) is 22.0. The van der Waals surface area contributed by atoms with Gasteiger partial charge >= 0.3 is 163 Å². The molecule has 2 heteroatoms. The summed E-state index contributed by atoms with van der Waals surface area (Å²) in [6.45, 7) is 13.9. The van der Waals surface area contributed by atoms with Gasteiger partial charge in [-0.2, -0.15) is 0 Å². The predicted molar refractivity (Wildman–Crippen MR) is 115 cm³/mol. The number of ketones is 1. The maximum atomic E-state index is 12.4. The molecule has 0 aromatic heterocycles. The summed E-state index contributed by atoms with van der Waals surface area (Å²) >= 11 is -2.24. The van der Waals surface area contributed by atoms with Crippen molar-refractivity contribution in [3.05, 3.63) is 10.2 Å². The van der Waals surface area contributed by atoms with Crippen LogP contribution in [0.1, 0.15) is 92.9 Å². The summed E-state index contributed by atoms with van der Waals surface area (Å²) < 4.78 is 7.36. The molecule has 146 valence electrons. The molecule has 1 nitrogen and oxygen atoms in total. The quantitative estimate of drug-likeness (QED) is 0.294. The third kappa shape index (κ3) is 6.40. The zero-order chi connectivity index (χ0) is 18.9. The van der Waals surface area contributed by atoms with E-state index in [1.807, 2.05) is 0 Å². The van der Waals surface area contributed by atoms with E-state index in [0.717, 1.165) is 12.8 Å². The van der Waals surface area contributed by atoms with E-state index in [4.69, 9.17) is 0 Å².